The van der Waals surface area contributed by atoms with Crippen LogP contribution < -0.4 is 26.2 Å². The van der Waals surface area contributed by atoms with Crippen molar-refractivity contribution in [3.8, 4) is 11.3 Å². The maximum Gasteiger partial charge on any atom is 0.318 e. The van der Waals surface area contributed by atoms with Gasteiger partial charge >= 0.3 is 6.03 Å². The van der Waals surface area contributed by atoms with Crippen molar-refractivity contribution in [3.05, 3.63) is 96.1 Å². The molecule has 0 aliphatic carbocycles. The van der Waals surface area contributed by atoms with Crippen LogP contribution in [0.3, 0.4) is 0 Å². The van der Waals surface area contributed by atoms with Crippen LogP contribution >= 0.6 is 0 Å². The molecule has 1 unspecified atom stereocenters. The molecule has 6 amide bonds. The number of nitrogens with one attached hydrogen (secondary N) is 4. The number of piperidine rings is 1. The number of unbranched alkanes of at least 4 members (excludes halogenated alkanes) is 1. The van der Waals surface area contributed by atoms with Crippen LogP contribution in [-0.4, -0.2) is 108 Å². The quantitative estimate of drug-likeness (QED) is 0.105. The van der Waals surface area contributed by atoms with E-state index in [4.69, 9.17) is 0 Å². The number of carbonyl (C=O) groups excluding carboxylic acids is 5. The van der Waals surface area contributed by atoms with Gasteiger partial charge in [0.2, 0.25) is 17.8 Å². The van der Waals surface area contributed by atoms with Gasteiger partial charge in [-0.2, -0.15) is 4.98 Å². The number of hydrogen-bond donors (Lipinski definition) is 4. The zero-order chi connectivity index (χ0) is 40.6. The molecule has 1 atom stereocenters. The van der Waals surface area contributed by atoms with Gasteiger partial charge in [0.25, 0.3) is 11.8 Å². The van der Waals surface area contributed by atoms with E-state index in [1.54, 1.807) is 51.9 Å². The van der Waals surface area contributed by atoms with Gasteiger partial charge in [0, 0.05) is 61.5 Å². The summed E-state index contributed by atoms with van der Waals surface area (Å²) in [5.41, 5.74) is 4.87. The molecule has 298 valence electrons. The molecule has 3 aliphatic heterocycles. The first-order valence-corrected chi connectivity index (χ1v) is 20.7. The summed E-state index contributed by atoms with van der Waals surface area (Å²) in [4.78, 5) is 73.0. The summed E-state index contributed by atoms with van der Waals surface area (Å²) in [5, 5.41) is 16.3. The van der Waals surface area contributed by atoms with Crippen LogP contribution in [0.5, 0.6) is 0 Å². The summed E-state index contributed by atoms with van der Waals surface area (Å²) in [6.07, 6.45) is 2.68. The van der Waals surface area contributed by atoms with Crippen LogP contribution in [0, 0.1) is 0 Å². The third-order valence-electron chi connectivity index (χ3n) is 10.4. The number of urea groups is 1. The Hall–Kier alpha value is -6.82. The zero-order valence-electron chi connectivity index (χ0n) is 31.5. The molecular weight excluding hydrogens is 765 g/mol. The van der Waals surface area contributed by atoms with Crippen molar-refractivity contribution in [2.24, 2.45) is 0 Å². The second-order valence-electron chi connectivity index (χ2n) is 14.3. The number of pyridine rings is 1. The van der Waals surface area contributed by atoms with Crippen LogP contribution in [0.1, 0.15) is 46.4 Å². The maximum absolute atomic E-state index is 13.3. The molecule has 0 saturated carbocycles. The number of imide groups is 2. The van der Waals surface area contributed by atoms with Crippen LogP contribution in [0.4, 0.5) is 27.8 Å². The van der Waals surface area contributed by atoms with Crippen molar-refractivity contribution >= 4 is 68.2 Å². The number of aromatic nitrogens is 3. The van der Waals surface area contributed by atoms with E-state index in [1.807, 2.05) is 42.5 Å². The van der Waals surface area contributed by atoms with E-state index in [1.165, 1.54) is 6.26 Å². The lowest BCUT2D eigenvalue weighted by molar-refractivity contribution is -0.136. The largest absolute Gasteiger partial charge is 0.384 e. The van der Waals surface area contributed by atoms with Crippen molar-refractivity contribution in [2.45, 2.75) is 36.6 Å². The van der Waals surface area contributed by atoms with E-state index >= 15 is 0 Å². The minimum Gasteiger partial charge on any atom is -0.384 e. The predicted octanol–water partition coefficient (Wildman–Crippen LogP) is 3.63. The number of amides is 6. The molecule has 2 saturated heterocycles. The number of nitrogens with zero attached hydrogens (tertiary/aromatic N) is 6. The summed E-state index contributed by atoms with van der Waals surface area (Å²) in [6, 6.07) is 23.8. The Bertz CT molecular complexity index is 2560. The Balaban J connectivity index is 0.788. The fraction of sp³-hybridized carbons (Fsp3) is 0.275. The topological polar surface area (TPSA) is 208 Å². The molecule has 5 heterocycles. The van der Waals surface area contributed by atoms with Crippen molar-refractivity contribution in [3.63, 3.8) is 0 Å². The van der Waals surface area contributed by atoms with Crippen LogP contribution in [-0.2, 0) is 19.4 Å². The van der Waals surface area contributed by atoms with Gasteiger partial charge in [-0.05, 0) is 79.9 Å². The molecule has 8 rings (SSSR count). The molecule has 0 radical (unpaired) electrons. The minimum absolute atomic E-state index is 0.0541. The summed E-state index contributed by atoms with van der Waals surface area (Å²) in [5.74, 6) is -1.79. The second kappa shape index (κ2) is 15.6. The average molecular weight is 805 g/mol. The van der Waals surface area contributed by atoms with Crippen LogP contribution in [0.25, 0.3) is 16.9 Å². The molecule has 0 spiro atoms. The van der Waals surface area contributed by atoms with Gasteiger partial charge in [-0.15, -0.1) is 5.10 Å². The van der Waals surface area contributed by atoms with Crippen molar-refractivity contribution < 1.29 is 32.4 Å². The van der Waals surface area contributed by atoms with Gasteiger partial charge in [-0.3, -0.25) is 29.4 Å². The molecule has 3 aromatic carbocycles. The first-order valence-electron chi connectivity index (χ1n) is 18.8. The van der Waals surface area contributed by atoms with Crippen LogP contribution in [0.15, 0.2) is 89.8 Å². The summed E-state index contributed by atoms with van der Waals surface area (Å²) in [7, 11) is -3.31. The fourth-order valence-corrected chi connectivity index (χ4v) is 7.97. The zero-order valence-corrected chi connectivity index (χ0v) is 32.3. The molecule has 2 fully saturated rings. The summed E-state index contributed by atoms with van der Waals surface area (Å²) >= 11 is 0. The van der Waals surface area contributed by atoms with E-state index in [9.17, 15) is 32.4 Å². The SMILES string of the molecule is CS(=O)(=O)c1ccc(-c2cccc3nc(Nc4ccc(N5CCN(C(=O)NCCCCNc6cccc7c6C(=O)N(C6CCC(=O)NC6=O)C7=O)C5)cc4)nn23)cc1. The molecular formula is C40H40N10O7S. The predicted molar refractivity (Wildman–Crippen MR) is 214 cm³/mol. The Morgan fingerprint density at radius 3 is 2.40 bits per heavy atom. The van der Waals surface area contributed by atoms with E-state index in [-0.39, 0.29) is 34.9 Å². The van der Waals surface area contributed by atoms with Crippen LogP contribution in [0.2, 0.25) is 0 Å². The van der Waals surface area contributed by atoms with Gasteiger partial charge < -0.3 is 25.8 Å². The number of carbonyl (C=O) groups is 5. The standard InChI is InChI=1S/C40H40N10O7S/c1-58(56,57)28-16-10-25(11-17-28)31-8-5-9-33-44-39(46-50(31)33)43-26-12-14-27(15-13-26)47-22-23-48(24-47)40(55)42-21-3-2-20-41-30-7-4-6-29-35(30)38(54)49(37(29)53)32-18-19-34(51)45-36(32)52/h4-17,32,41H,2-3,18-24H2,1H3,(H,42,55)(H,43,46)(H,45,51,52). The molecule has 3 aliphatic rings. The van der Waals surface area contributed by atoms with Crippen molar-refractivity contribution in [2.75, 3.05) is 54.6 Å². The maximum atomic E-state index is 13.3. The first-order chi connectivity index (χ1) is 27.9. The lowest BCUT2D eigenvalue weighted by Crippen LogP contribution is -2.54. The van der Waals surface area contributed by atoms with E-state index in [0.717, 1.165) is 27.5 Å². The third-order valence-corrected chi connectivity index (χ3v) is 11.5. The molecule has 58 heavy (non-hydrogen) atoms. The normalized spacial score (nSPS) is 16.8. The van der Waals surface area contributed by atoms with Crippen molar-refractivity contribution in [1.82, 2.24) is 35.0 Å². The number of hydrogen-bond acceptors (Lipinski definition) is 12. The molecule has 5 aromatic rings. The molecule has 2 aromatic heterocycles. The highest BCUT2D eigenvalue weighted by atomic mass is 32.2. The highest BCUT2D eigenvalue weighted by molar-refractivity contribution is 7.90. The second-order valence-corrected chi connectivity index (χ2v) is 16.3. The number of rotatable bonds is 12. The highest BCUT2D eigenvalue weighted by Crippen LogP contribution is 2.32. The minimum atomic E-state index is -3.31. The van der Waals surface area contributed by atoms with Gasteiger partial charge in [0.1, 0.15) is 6.04 Å². The summed E-state index contributed by atoms with van der Waals surface area (Å²) < 4.78 is 25.5. The lowest BCUT2D eigenvalue weighted by atomic mass is 10.0. The Kier molecular flexibility index (Phi) is 10.2. The lowest BCUT2D eigenvalue weighted by Gasteiger charge is -2.27. The van der Waals surface area contributed by atoms with Crippen molar-refractivity contribution in [1.29, 1.82) is 0 Å². The molecule has 4 N–H and O–H groups in total. The third kappa shape index (κ3) is 7.65. The van der Waals surface area contributed by atoms with E-state index in [2.05, 4.69) is 36.2 Å². The Morgan fingerprint density at radius 2 is 1.64 bits per heavy atom. The number of fused-ring (bicyclic) bond motifs is 2. The molecule has 0 bridgehead atoms. The monoisotopic (exact) mass is 804 g/mol. The summed E-state index contributed by atoms with van der Waals surface area (Å²) in [6.45, 7) is 2.63. The number of benzene rings is 3. The van der Waals surface area contributed by atoms with E-state index < -0.39 is 39.5 Å². The van der Waals surface area contributed by atoms with Gasteiger partial charge in [-0.25, -0.2) is 17.7 Å². The van der Waals surface area contributed by atoms with Gasteiger partial charge in [0.05, 0.1) is 28.4 Å². The molecule has 18 heteroatoms. The van der Waals surface area contributed by atoms with Gasteiger partial charge in [-0.1, -0.05) is 24.3 Å². The Labute approximate surface area is 333 Å². The van der Waals surface area contributed by atoms with E-state index in [0.29, 0.717) is 63.0 Å². The van der Waals surface area contributed by atoms with Gasteiger partial charge in [0.15, 0.2) is 15.5 Å². The fourth-order valence-electron chi connectivity index (χ4n) is 7.34. The Morgan fingerprint density at radius 1 is 0.879 bits per heavy atom. The number of sulfone groups is 1. The first kappa shape index (κ1) is 38.1. The molecule has 17 nitrogen and oxygen atoms in total. The highest BCUT2D eigenvalue weighted by Gasteiger charge is 2.45. The number of anilines is 4. The smallest absolute Gasteiger partial charge is 0.318 e. The average Bonchev–Trinajstić information content (AvgIpc) is 3.93.